The van der Waals surface area contributed by atoms with Gasteiger partial charge in [0.25, 0.3) is 0 Å². The lowest BCUT2D eigenvalue weighted by atomic mass is 9.97. The summed E-state index contributed by atoms with van der Waals surface area (Å²) < 4.78 is 27.1. The Kier molecular flexibility index (Phi) is 3.71. The number of rotatable bonds is 2. The first kappa shape index (κ1) is 12.4. The van der Waals surface area contributed by atoms with E-state index in [9.17, 15) is 8.78 Å². The van der Waals surface area contributed by atoms with Crippen molar-refractivity contribution in [3.63, 3.8) is 0 Å². The summed E-state index contributed by atoms with van der Waals surface area (Å²) in [6.45, 7) is 6.50. The second-order valence-corrected chi connectivity index (χ2v) is 5.57. The molecule has 15 heavy (non-hydrogen) atoms. The SMILES string of the molecule is CC(C)(C)CNc1c(F)cc(Br)cc1F. The molecule has 0 radical (unpaired) electrons. The van der Waals surface area contributed by atoms with E-state index in [4.69, 9.17) is 0 Å². The molecule has 4 heteroatoms. The lowest BCUT2D eigenvalue weighted by Gasteiger charge is -2.20. The maximum atomic E-state index is 13.4. The van der Waals surface area contributed by atoms with E-state index in [1.807, 2.05) is 20.8 Å². The standard InChI is InChI=1S/C11H14BrF2N/c1-11(2,3)6-15-10-8(13)4-7(12)5-9(10)14/h4-5,15H,6H2,1-3H3. The highest BCUT2D eigenvalue weighted by Gasteiger charge is 2.14. The zero-order valence-electron chi connectivity index (χ0n) is 9.00. The summed E-state index contributed by atoms with van der Waals surface area (Å²) in [7, 11) is 0. The summed E-state index contributed by atoms with van der Waals surface area (Å²) >= 11 is 3.03. The number of anilines is 1. The van der Waals surface area contributed by atoms with Crippen molar-refractivity contribution >= 4 is 21.6 Å². The first-order valence-electron chi connectivity index (χ1n) is 4.68. The van der Waals surface area contributed by atoms with E-state index < -0.39 is 11.6 Å². The molecule has 0 bridgehead atoms. The van der Waals surface area contributed by atoms with Gasteiger partial charge in [-0.3, -0.25) is 0 Å². The molecule has 0 heterocycles. The van der Waals surface area contributed by atoms with E-state index in [2.05, 4.69) is 21.2 Å². The third-order valence-electron chi connectivity index (χ3n) is 1.80. The molecule has 0 aromatic heterocycles. The Hall–Kier alpha value is -0.640. The Morgan fingerprint density at radius 1 is 1.20 bits per heavy atom. The van der Waals surface area contributed by atoms with Gasteiger partial charge in [-0.05, 0) is 17.5 Å². The summed E-state index contributed by atoms with van der Waals surface area (Å²) in [6, 6.07) is 2.49. The van der Waals surface area contributed by atoms with Gasteiger partial charge in [0.05, 0.1) is 0 Å². The van der Waals surface area contributed by atoms with Crippen LogP contribution in [0.5, 0.6) is 0 Å². The molecule has 0 spiro atoms. The van der Waals surface area contributed by atoms with Crippen molar-refractivity contribution in [2.45, 2.75) is 20.8 Å². The molecule has 0 aliphatic heterocycles. The van der Waals surface area contributed by atoms with Crippen molar-refractivity contribution in [2.75, 3.05) is 11.9 Å². The van der Waals surface area contributed by atoms with Crippen LogP contribution in [-0.2, 0) is 0 Å². The molecule has 0 saturated carbocycles. The maximum absolute atomic E-state index is 13.4. The van der Waals surface area contributed by atoms with Crippen LogP contribution >= 0.6 is 15.9 Å². The lowest BCUT2D eigenvalue weighted by molar-refractivity contribution is 0.440. The Balaban J connectivity index is 2.86. The first-order valence-corrected chi connectivity index (χ1v) is 5.47. The monoisotopic (exact) mass is 277 g/mol. The van der Waals surface area contributed by atoms with Crippen molar-refractivity contribution in [3.8, 4) is 0 Å². The van der Waals surface area contributed by atoms with Crippen LogP contribution in [0.3, 0.4) is 0 Å². The second-order valence-electron chi connectivity index (χ2n) is 4.66. The number of hydrogen-bond donors (Lipinski definition) is 1. The Bertz CT molecular complexity index is 335. The molecule has 0 aliphatic rings. The second kappa shape index (κ2) is 4.47. The number of hydrogen-bond acceptors (Lipinski definition) is 1. The summed E-state index contributed by atoms with van der Waals surface area (Å²) in [6.07, 6.45) is 0. The molecule has 0 atom stereocenters. The highest BCUT2D eigenvalue weighted by Crippen LogP contribution is 2.25. The molecule has 0 saturated heterocycles. The van der Waals surface area contributed by atoms with Crippen LogP contribution < -0.4 is 5.32 Å². The van der Waals surface area contributed by atoms with E-state index in [0.717, 1.165) is 0 Å². The number of benzene rings is 1. The maximum Gasteiger partial charge on any atom is 0.150 e. The van der Waals surface area contributed by atoms with Crippen LogP contribution in [0.2, 0.25) is 0 Å². The summed E-state index contributed by atoms with van der Waals surface area (Å²) in [5, 5.41) is 2.78. The molecule has 1 rings (SSSR count). The molecule has 0 unspecified atom stereocenters. The molecule has 0 aliphatic carbocycles. The summed E-state index contributed by atoms with van der Waals surface area (Å²) in [4.78, 5) is 0. The largest absolute Gasteiger partial charge is 0.380 e. The van der Waals surface area contributed by atoms with E-state index in [1.54, 1.807) is 0 Å². The van der Waals surface area contributed by atoms with Gasteiger partial charge in [-0.15, -0.1) is 0 Å². The minimum absolute atomic E-state index is 0.0219. The number of nitrogens with one attached hydrogen (secondary N) is 1. The van der Waals surface area contributed by atoms with E-state index >= 15 is 0 Å². The van der Waals surface area contributed by atoms with Gasteiger partial charge in [0.15, 0.2) is 0 Å². The normalized spacial score (nSPS) is 11.6. The van der Waals surface area contributed by atoms with E-state index in [-0.39, 0.29) is 11.1 Å². The fourth-order valence-corrected chi connectivity index (χ4v) is 1.47. The topological polar surface area (TPSA) is 12.0 Å². The molecule has 0 amide bonds. The third kappa shape index (κ3) is 3.78. The van der Waals surface area contributed by atoms with Gasteiger partial charge in [0.1, 0.15) is 17.3 Å². The van der Waals surface area contributed by atoms with Gasteiger partial charge in [-0.2, -0.15) is 0 Å². The molecule has 1 nitrogen and oxygen atoms in total. The van der Waals surface area contributed by atoms with Crippen LogP contribution in [0.15, 0.2) is 16.6 Å². The highest BCUT2D eigenvalue weighted by atomic mass is 79.9. The first-order chi connectivity index (χ1) is 6.79. The molecule has 84 valence electrons. The lowest BCUT2D eigenvalue weighted by Crippen LogP contribution is -2.20. The fourth-order valence-electron chi connectivity index (χ4n) is 1.06. The minimum atomic E-state index is -0.578. The van der Waals surface area contributed by atoms with Crippen molar-refractivity contribution in [2.24, 2.45) is 5.41 Å². The van der Waals surface area contributed by atoms with Gasteiger partial charge in [0.2, 0.25) is 0 Å². The van der Waals surface area contributed by atoms with Gasteiger partial charge < -0.3 is 5.32 Å². The average Bonchev–Trinajstić information content (AvgIpc) is 1.99. The van der Waals surface area contributed by atoms with E-state index in [0.29, 0.717) is 11.0 Å². The molecular weight excluding hydrogens is 264 g/mol. The summed E-state index contributed by atoms with van der Waals surface area (Å²) in [5.74, 6) is -1.16. The van der Waals surface area contributed by atoms with Crippen LogP contribution in [0.4, 0.5) is 14.5 Å². The average molecular weight is 278 g/mol. The molecule has 1 aromatic rings. The van der Waals surface area contributed by atoms with Crippen LogP contribution in [-0.4, -0.2) is 6.54 Å². The smallest absolute Gasteiger partial charge is 0.150 e. The van der Waals surface area contributed by atoms with Crippen molar-refractivity contribution < 1.29 is 8.78 Å². The van der Waals surface area contributed by atoms with Crippen molar-refractivity contribution in [1.82, 2.24) is 0 Å². The predicted octanol–water partition coefficient (Wildman–Crippen LogP) is 4.19. The summed E-state index contributed by atoms with van der Waals surface area (Å²) in [5.41, 5.74) is -0.0838. The van der Waals surface area contributed by atoms with Crippen LogP contribution in [0.25, 0.3) is 0 Å². The van der Waals surface area contributed by atoms with Gasteiger partial charge >= 0.3 is 0 Å². The Labute approximate surface area is 97.0 Å². The van der Waals surface area contributed by atoms with Crippen LogP contribution in [0.1, 0.15) is 20.8 Å². The zero-order valence-corrected chi connectivity index (χ0v) is 10.6. The minimum Gasteiger partial charge on any atom is -0.380 e. The molecule has 0 fully saturated rings. The zero-order chi connectivity index (χ0) is 11.6. The van der Waals surface area contributed by atoms with Gasteiger partial charge in [0, 0.05) is 11.0 Å². The van der Waals surface area contributed by atoms with Gasteiger partial charge in [-0.25, -0.2) is 8.78 Å². The van der Waals surface area contributed by atoms with Crippen molar-refractivity contribution in [1.29, 1.82) is 0 Å². The highest BCUT2D eigenvalue weighted by molar-refractivity contribution is 9.10. The predicted molar refractivity (Wildman–Crippen MR) is 62.0 cm³/mol. The van der Waals surface area contributed by atoms with E-state index in [1.165, 1.54) is 12.1 Å². The molecular formula is C11H14BrF2N. The Morgan fingerprint density at radius 2 is 1.67 bits per heavy atom. The molecule has 1 N–H and O–H groups in total. The number of halogens is 3. The quantitative estimate of drug-likeness (QED) is 0.855. The molecule has 1 aromatic carbocycles. The third-order valence-corrected chi connectivity index (χ3v) is 2.26. The Morgan fingerprint density at radius 3 is 2.07 bits per heavy atom. The fraction of sp³-hybridized carbons (Fsp3) is 0.455. The van der Waals surface area contributed by atoms with Gasteiger partial charge in [-0.1, -0.05) is 36.7 Å². The van der Waals surface area contributed by atoms with Crippen LogP contribution in [0, 0.1) is 17.0 Å². The van der Waals surface area contributed by atoms with Crippen molar-refractivity contribution in [3.05, 3.63) is 28.2 Å².